The van der Waals surface area contributed by atoms with Crippen LogP contribution in [0.2, 0.25) is 0 Å². The highest BCUT2D eigenvalue weighted by atomic mass is 16.5. The number of hydrogen-bond acceptors (Lipinski definition) is 6. The molecule has 1 aliphatic carbocycles. The molecule has 0 spiro atoms. The van der Waals surface area contributed by atoms with Gasteiger partial charge in [-0.2, -0.15) is 4.98 Å². The zero-order valence-corrected chi connectivity index (χ0v) is 12.3. The van der Waals surface area contributed by atoms with E-state index in [2.05, 4.69) is 20.4 Å². The Morgan fingerprint density at radius 1 is 1.43 bits per heavy atom. The van der Waals surface area contributed by atoms with E-state index in [1.54, 1.807) is 6.20 Å². The number of nitrogens with zero attached hydrogens (tertiary/aromatic N) is 3. The van der Waals surface area contributed by atoms with Crippen LogP contribution in [0.25, 0.3) is 11.5 Å². The number of aliphatic hydroxyl groups is 1. The van der Waals surface area contributed by atoms with E-state index in [0.29, 0.717) is 24.1 Å². The number of anilines is 1. The van der Waals surface area contributed by atoms with E-state index in [4.69, 9.17) is 4.52 Å². The minimum Gasteiger partial charge on any atom is -0.388 e. The summed E-state index contributed by atoms with van der Waals surface area (Å²) in [5.41, 5.74) is 0.250. The van der Waals surface area contributed by atoms with Crippen LogP contribution in [0, 0.1) is 0 Å². The summed E-state index contributed by atoms with van der Waals surface area (Å²) in [4.78, 5) is 8.63. The standard InChI is InChI=1S/C15H20N4O2/c1-10(2)13-18-14(21-19-13)11-4-7-16-12(8-11)17-9-15(20)5-3-6-15/h4,7-8,10,20H,3,5-6,9H2,1-2H3,(H,16,17). The summed E-state index contributed by atoms with van der Waals surface area (Å²) >= 11 is 0. The fourth-order valence-corrected chi connectivity index (χ4v) is 2.26. The van der Waals surface area contributed by atoms with Crippen molar-refractivity contribution < 1.29 is 9.63 Å². The first-order valence-corrected chi connectivity index (χ1v) is 7.32. The van der Waals surface area contributed by atoms with Crippen molar-refractivity contribution in [1.82, 2.24) is 15.1 Å². The zero-order valence-electron chi connectivity index (χ0n) is 12.3. The number of nitrogens with one attached hydrogen (secondary N) is 1. The minimum atomic E-state index is -0.576. The highest BCUT2D eigenvalue weighted by Gasteiger charge is 2.34. The molecule has 6 heteroatoms. The van der Waals surface area contributed by atoms with Gasteiger partial charge in [-0.15, -0.1) is 0 Å². The van der Waals surface area contributed by atoms with Crippen LogP contribution in [-0.4, -0.2) is 32.4 Å². The minimum absolute atomic E-state index is 0.231. The van der Waals surface area contributed by atoms with Gasteiger partial charge in [-0.1, -0.05) is 19.0 Å². The summed E-state index contributed by atoms with van der Waals surface area (Å²) in [7, 11) is 0. The highest BCUT2D eigenvalue weighted by Crippen LogP contribution is 2.31. The molecule has 2 N–H and O–H groups in total. The van der Waals surface area contributed by atoms with Crippen molar-refractivity contribution in [2.24, 2.45) is 0 Å². The Morgan fingerprint density at radius 2 is 2.24 bits per heavy atom. The van der Waals surface area contributed by atoms with Crippen molar-refractivity contribution >= 4 is 5.82 Å². The fraction of sp³-hybridized carbons (Fsp3) is 0.533. The Balaban J connectivity index is 1.72. The molecule has 2 heterocycles. The molecule has 1 aliphatic rings. The molecule has 3 rings (SSSR count). The first kappa shape index (κ1) is 14.0. The Morgan fingerprint density at radius 3 is 2.86 bits per heavy atom. The molecule has 1 saturated carbocycles. The van der Waals surface area contributed by atoms with Gasteiger partial charge >= 0.3 is 0 Å². The topological polar surface area (TPSA) is 84.1 Å². The number of pyridine rings is 1. The Hall–Kier alpha value is -1.95. The second kappa shape index (κ2) is 5.44. The third-order valence-corrected chi connectivity index (χ3v) is 3.85. The molecule has 21 heavy (non-hydrogen) atoms. The van der Waals surface area contributed by atoms with E-state index < -0.39 is 5.60 Å². The smallest absolute Gasteiger partial charge is 0.258 e. The number of aromatic nitrogens is 3. The molecular formula is C15H20N4O2. The fourth-order valence-electron chi connectivity index (χ4n) is 2.26. The van der Waals surface area contributed by atoms with Crippen molar-refractivity contribution in [3.63, 3.8) is 0 Å². The molecule has 0 amide bonds. The van der Waals surface area contributed by atoms with Gasteiger partial charge < -0.3 is 14.9 Å². The lowest BCUT2D eigenvalue weighted by Gasteiger charge is -2.36. The molecule has 1 fully saturated rings. The summed E-state index contributed by atoms with van der Waals surface area (Å²) in [5, 5.41) is 17.2. The summed E-state index contributed by atoms with van der Waals surface area (Å²) in [6, 6.07) is 3.69. The van der Waals surface area contributed by atoms with Gasteiger partial charge in [0.25, 0.3) is 5.89 Å². The van der Waals surface area contributed by atoms with Gasteiger partial charge in [-0.3, -0.25) is 0 Å². The third-order valence-electron chi connectivity index (χ3n) is 3.85. The molecule has 2 aromatic rings. The summed E-state index contributed by atoms with van der Waals surface area (Å²) in [6.45, 7) is 4.56. The van der Waals surface area contributed by atoms with Gasteiger partial charge in [0.05, 0.1) is 5.60 Å². The van der Waals surface area contributed by atoms with Crippen molar-refractivity contribution in [3.05, 3.63) is 24.2 Å². The second-order valence-electron chi connectivity index (χ2n) is 5.97. The Bertz CT molecular complexity index is 620. The van der Waals surface area contributed by atoms with Crippen LogP contribution < -0.4 is 5.32 Å². The van der Waals surface area contributed by atoms with Crippen molar-refractivity contribution in [2.75, 3.05) is 11.9 Å². The van der Waals surface area contributed by atoms with Crippen LogP contribution in [-0.2, 0) is 0 Å². The van der Waals surface area contributed by atoms with E-state index in [1.165, 1.54) is 0 Å². The highest BCUT2D eigenvalue weighted by molar-refractivity contribution is 5.57. The maximum Gasteiger partial charge on any atom is 0.258 e. The maximum atomic E-state index is 10.1. The van der Waals surface area contributed by atoms with Gasteiger partial charge in [0.1, 0.15) is 5.82 Å². The van der Waals surface area contributed by atoms with E-state index in [1.807, 2.05) is 26.0 Å². The number of hydrogen-bond donors (Lipinski definition) is 2. The molecule has 2 aromatic heterocycles. The third kappa shape index (κ3) is 3.05. The monoisotopic (exact) mass is 288 g/mol. The van der Waals surface area contributed by atoms with Gasteiger partial charge in [0, 0.05) is 24.2 Å². The van der Waals surface area contributed by atoms with Gasteiger partial charge in [-0.05, 0) is 31.4 Å². The zero-order chi connectivity index (χ0) is 14.9. The van der Waals surface area contributed by atoms with Crippen molar-refractivity contribution in [1.29, 1.82) is 0 Å². The number of rotatable bonds is 5. The average molecular weight is 288 g/mol. The quantitative estimate of drug-likeness (QED) is 0.879. The van der Waals surface area contributed by atoms with Crippen LogP contribution in [0.1, 0.15) is 44.9 Å². The second-order valence-corrected chi connectivity index (χ2v) is 5.97. The predicted octanol–water partition coefficient (Wildman–Crippen LogP) is 2.58. The van der Waals surface area contributed by atoms with E-state index in [0.717, 1.165) is 24.8 Å². The molecule has 0 aliphatic heterocycles. The Kier molecular flexibility index (Phi) is 3.63. The first-order chi connectivity index (χ1) is 10.1. The molecule has 0 atom stereocenters. The molecule has 0 unspecified atom stereocenters. The molecule has 6 nitrogen and oxygen atoms in total. The SMILES string of the molecule is CC(C)c1noc(-c2ccnc(NCC3(O)CCC3)c2)n1. The first-order valence-electron chi connectivity index (χ1n) is 7.32. The molecule has 0 aromatic carbocycles. The summed E-state index contributed by atoms with van der Waals surface area (Å²) < 4.78 is 5.28. The van der Waals surface area contributed by atoms with Gasteiger partial charge in [-0.25, -0.2) is 4.98 Å². The van der Waals surface area contributed by atoms with Crippen LogP contribution >= 0.6 is 0 Å². The lowest BCUT2D eigenvalue weighted by molar-refractivity contribution is -0.0202. The van der Waals surface area contributed by atoms with Crippen molar-refractivity contribution in [3.8, 4) is 11.5 Å². The molecule has 0 saturated heterocycles. The predicted molar refractivity (Wildman–Crippen MR) is 78.9 cm³/mol. The van der Waals surface area contributed by atoms with Gasteiger partial charge in [0.15, 0.2) is 5.82 Å². The van der Waals surface area contributed by atoms with Crippen LogP contribution in [0.4, 0.5) is 5.82 Å². The molecule has 0 radical (unpaired) electrons. The molecule has 0 bridgehead atoms. The van der Waals surface area contributed by atoms with Crippen LogP contribution in [0.15, 0.2) is 22.9 Å². The lowest BCUT2D eigenvalue weighted by atomic mass is 9.80. The van der Waals surface area contributed by atoms with E-state index in [9.17, 15) is 5.11 Å². The molecular weight excluding hydrogens is 268 g/mol. The van der Waals surface area contributed by atoms with Gasteiger partial charge in [0.2, 0.25) is 0 Å². The van der Waals surface area contributed by atoms with Crippen LogP contribution in [0.5, 0.6) is 0 Å². The largest absolute Gasteiger partial charge is 0.388 e. The average Bonchev–Trinajstić information content (AvgIpc) is 2.93. The van der Waals surface area contributed by atoms with E-state index in [-0.39, 0.29) is 5.92 Å². The summed E-state index contributed by atoms with van der Waals surface area (Å²) in [5.74, 6) is 2.12. The van der Waals surface area contributed by atoms with E-state index >= 15 is 0 Å². The lowest BCUT2D eigenvalue weighted by Crippen LogP contribution is -2.43. The summed E-state index contributed by atoms with van der Waals surface area (Å²) in [6.07, 6.45) is 4.48. The molecule has 112 valence electrons. The normalized spacial score (nSPS) is 16.8. The Labute approximate surface area is 123 Å². The van der Waals surface area contributed by atoms with Crippen LogP contribution in [0.3, 0.4) is 0 Å². The van der Waals surface area contributed by atoms with Crippen molar-refractivity contribution in [2.45, 2.75) is 44.6 Å². The maximum absolute atomic E-state index is 10.1.